The minimum absolute atomic E-state index is 0.783. The molecule has 0 aromatic carbocycles. The van der Waals surface area contributed by atoms with E-state index in [9.17, 15) is 0 Å². The van der Waals surface area contributed by atoms with Crippen molar-refractivity contribution in [1.82, 2.24) is 5.32 Å². The summed E-state index contributed by atoms with van der Waals surface area (Å²) in [5.41, 5.74) is 0. The van der Waals surface area contributed by atoms with E-state index in [-0.39, 0.29) is 0 Å². The van der Waals surface area contributed by atoms with Gasteiger partial charge in [0.05, 0.1) is 0 Å². The zero-order valence-electron chi connectivity index (χ0n) is 10.7. The van der Waals surface area contributed by atoms with Crippen LogP contribution < -0.4 is 5.32 Å². The molecule has 0 spiro atoms. The number of hydrogen-bond donors (Lipinski definition) is 1. The summed E-state index contributed by atoms with van der Waals surface area (Å²) in [7, 11) is 2.15. The van der Waals surface area contributed by atoms with E-state index in [4.69, 9.17) is 4.74 Å². The van der Waals surface area contributed by atoms with Crippen LogP contribution in [0.2, 0.25) is 0 Å². The molecule has 2 fully saturated rings. The van der Waals surface area contributed by atoms with Crippen molar-refractivity contribution in [2.24, 2.45) is 11.8 Å². The highest BCUT2D eigenvalue weighted by Gasteiger charge is 2.24. The van der Waals surface area contributed by atoms with Crippen LogP contribution in [0, 0.1) is 11.8 Å². The minimum Gasteiger partial charge on any atom is -0.381 e. The van der Waals surface area contributed by atoms with Crippen molar-refractivity contribution in [3.05, 3.63) is 0 Å². The molecule has 2 heteroatoms. The third-order valence-corrected chi connectivity index (χ3v) is 4.57. The van der Waals surface area contributed by atoms with Crippen LogP contribution in [-0.2, 0) is 4.74 Å². The Kier molecular flexibility index (Phi) is 5.11. The molecule has 2 rings (SSSR count). The van der Waals surface area contributed by atoms with Gasteiger partial charge in [0.15, 0.2) is 0 Å². The van der Waals surface area contributed by atoms with Crippen molar-refractivity contribution < 1.29 is 4.74 Å². The highest BCUT2D eigenvalue weighted by molar-refractivity contribution is 4.80. The molecule has 2 nitrogen and oxygen atoms in total. The molecule has 16 heavy (non-hydrogen) atoms. The Hall–Kier alpha value is -0.0800. The van der Waals surface area contributed by atoms with Crippen LogP contribution in [0.4, 0.5) is 0 Å². The van der Waals surface area contributed by atoms with Gasteiger partial charge in [0.25, 0.3) is 0 Å². The number of rotatable bonds is 5. The van der Waals surface area contributed by atoms with E-state index in [1.165, 1.54) is 51.4 Å². The van der Waals surface area contributed by atoms with Crippen molar-refractivity contribution in [2.45, 2.75) is 57.4 Å². The summed E-state index contributed by atoms with van der Waals surface area (Å²) in [4.78, 5) is 0. The normalized spacial score (nSPS) is 26.1. The van der Waals surface area contributed by atoms with Gasteiger partial charge in [-0.2, -0.15) is 0 Å². The average Bonchev–Trinajstić information content (AvgIpc) is 2.85. The summed E-state index contributed by atoms with van der Waals surface area (Å²) in [6.07, 6.45) is 11.2. The van der Waals surface area contributed by atoms with Crippen molar-refractivity contribution >= 4 is 0 Å². The Labute approximate surface area is 100 Å². The van der Waals surface area contributed by atoms with Crippen LogP contribution in [0.5, 0.6) is 0 Å². The maximum atomic E-state index is 5.42. The molecule has 1 N–H and O–H groups in total. The van der Waals surface area contributed by atoms with Crippen LogP contribution in [0.15, 0.2) is 0 Å². The van der Waals surface area contributed by atoms with Crippen LogP contribution in [0.3, 0.4) is 0 Å². The zero-order chi connectivity index (χ0) is 11.2. The summed E-state index contributed by atoms with van der Waals surface area (Å²) in [6.45, 7) is 2.00. The fourth-order valence-corrected chi connectivity index (χ4v) is 3.43. The molecule has 0 amide bonds. The molecule has 94 valence electrons. The number of hydrogen-bond acceptors (Lipinski definition) is 2. The fourth-order valence-electron chi connectivity index (χ4n) is 3.43. The lowest BCUT2D eigenvalue weighted by Crippen LogP contribution is -2.33. The van der Waals surface area contributed by atoms with E-state index < -0.39 is 0 Å². The van der Waals surface area contributed by atoms with E-state index in [2.05, 4.69) is 12.4 Å². The molecule has 0 bridgehead atoms. The zero-order valence-corrected chi connectivity index (χ0v) is 10.7. The predicted octanol–water partition coefficient (Wildman–Crippen LogP) is 2.97. The van der Waals surface area contributed by atoms with Gasteiger partial charge in [-0.15, -0.1) is 0 Å². The summed E-state index contributed by atoms with van der Waals surface area (Å²) < 4.78 is 5.42. The summed E-state index contributed by atoms with van der Waals surface area (Å²) in [5.74, 6) is 1.90. The van der Waals surface area contributed by atoms with Gasteiger partial charge < -0.3 is 10.1 Å². The first-order chi connectivity index (χ1) is 7.90. The first kappa shape index (κ1) is 12.4. The molecule has 1 saturated heterocycles. The van der Waals surface area contributed by atoms with Crippen LogP contribution in [0.25, 0.3) is 0 Å². The van der Waals surface area contributed by atoms with E-state index in [1.807, 2.05) is 0 Å². The molecular formula is C14H27NO. The largest absolute Gasteiger partial charge is 0.381 e. The summed E-state index contributed by atoms with van der Waals surface area (Å²) in [6, 6.07) is 0.783. The first-order valence-electron chi connectivity index (χ1n) is 7.15. The molecule has 0 radical (unpaired) electrons. The maximum Gasteiger partial charge on any atom is 0.0468 e. The molecule has 0 aromatic heterocycles. The number of nitrogens with one attached hydrogen (secondary N) is 1. The van der Waals surface area contributed by atoms with Crippen molar-refractivity contribution in [1.29, 1.82) is 0 Å². The van der Waals surface area contributed by atoms with Crippen molar-refractivity contribution in [3.63, 3.8) is 0 Å². The minimum atomic E-state index is 0.783. The van der Waals surface area contributed by atoms with Crippen LogP contribution in [0.1, 0.15) is 51.4 Å². The Morgan fingerprint density at radius 2 is 1.81 bits per heavy atom. The highest BCUT2D eigenvalue weighted by atomic mass is 16.5. The molecule has 1 saturated carbocycles. The van der Waals surface area contributed by atoms with Gasteiger partial charge in [-0.05, 0) is 57.4 Å². The quantitative estimate of drug-likeness (QED) is 0.776. The van der Waals surface area contributed by atoms with Gasteiger partial charge in [-0.3, -0.25) is 0 Å². The average molecular weight is 225 g/mol. The topological polar surface area (TPSA) is 21.3 Å². The third-order valence-electron chi connectivity index (χ3n) is 4.57. The van der Waals surface area contributed by atoms with Gasteiger partial charge >= 0.3 is 0 Å². The summed E-state index contributed by atoms with van der Waals surface area (Å²) in [5, 5.41) is 3.55. The van der Waals surface area contributed by atoms with Gasteiger partial charge in [-0.25, -0.2) is 0 Å². The molecule has 1 unspecified atom stereocenters. The molecule has 0 aromatic rings. The lowest BCUT2D eigenvalue weighted by atomic mass is 9.88. The smallest absolute Gasteiger partial charge is 0.0468 e. The lowest BCUT2D eigenvalue weighted by molar-refractivity contribution is 0.0618. The van der Waals surface area contributed by atoms with Gasteiger partial charge in [0, 0.05) is 19.3 Å². The standard InChI is InChI=1S/C14H27NO/c1-15-14(13-4-2-3-5-13)7-6-12-8-10-16-11-9-12/h12-15H,2-11H2,1H3. The van der Waals surface area contributed by atoms with Gasteiger partial charge in [0.1, 0.15) is 0 Å². The molecule has 1 aliphatic carbocycles. The van der Waals surface area contributed by atoms with E-state index in [1.54, 1.807) is 0 Å². The Bertz CT molecular complexity index is 183. The predicted molar refractivity (Wildman–Crippen MR) is 67.6 cm³/mol. The molecule has 2 aliphatic rings. The summed E-state index contributed by atoms with van der Waals surface area (Å²) >= 11 is 0. The Morgan fingerprint density at radius 3 is 2.44 bits per heavy atom. The second-order valence-corrected chi connectivity index (χ2v) is 5.57. The van der Waals surface area contributed by atoms with Crippen LogP contribution >= 0.6 is 0 Å². The molecule has 1 atom stereocenters. The van der Waals surface area contributed by atoms with E-state index >= 15 is 0 Å². The molecule has 1 aliphatic heterocycles. The molecular weight excluding hydrogens is 198 g/mol. The first-order valence-corrected chi connectivity index (χ1v) is 7.15. The monoisotopic (exact) mass is 225 g/mol. The highest BCUT2D eigenvalue weighted by Crippen LogP contribution is 2.31. The second kappa shape index (κ2) is 6.61. The van der Waals surface area contributed by atoms with Crippen molar-refractivity contribution in [3.8, 4) is 0 Å². The Morgan fingerprint density at radius 1 is 1.12 bits per heavy atom. The molecule has 1 heterocycles. The maximum absolute atomic E-state index is 5.42. The fraction of sp³-hybridized carbons (Fsp3) is 1.00. The van der Waals surface area contributed by atoms with Crippen molar-refractivity contribution in [2.75, 3.05) is 20.3 Å². The second-order valence-electron chi connectivity index (χ2n) is 5.57. The van der Waals surface area contributed by atoms with Gasteiger partial charge in [0.2, 0.25) is 0 Å². The SMILES string of the molecule is CNC(CCC1CCOCC1)C1CCCC1. The number of ether oxygens (including phenoxy) is 1. The van der Waals surface area contributed by atoms with E-state index in [0.717, 1.165) is 31.1 Å². The Balaban J connectivity index is 1.69. The third kappa shape index (κ3) is 3.46. The van der Waals surface area contributed by atoms with E-state index in [0.29, 0.717) is 0 Å². The van der Waals surface area contributed by atoms with Crippen LogP contribution in [-0.4, -0.2) is 26.3 Å². The lowest BCUT2D eigenvalue weighted by Gasteiger charge is -2.27. The van der Waals surface area contributed by atoms with Gasteiger partial charge in [-0.1, -0.05) is 12.8 Å².